The normalized spacial score (nSPS) is 17.3. The van der Waals surface area contributed by atoms with Crippen molar-refractivity contribution in [3.63, 3.8) is 0 Å². The van der Waals surface area contributed by atoms with E-state index in [9.17, 15) is 9.59 Å². The predicted octanol–water partition coefficient (Wildman–Crippen LogP) is 4.38. The molecule has 176 valence electrons. The molecular formula is C26H32N2O5. The second-order valence-electron chi connectivity index (χ2n) is 8.75. The minimum Gasteiger partial charge on any atom is -0.462 e. The van der Waals surface area contributed by atoms with Crippen LogP contribution in [-0.4, -0.2) is 50.6 Å². The fraction of sp³-hybridized carbons (Fsp3) is 0.462. The van der Waals surface area contributed by atoms with E-state index in [1.165, 1.54) is 0 Å². The second-order valence-corrected chi connectivity index (χ2v) is 8.75. The lowest BCUT2D eigenvalue weighted by molar-refractivity contribution is -0.169. The summed E-state index contributed by atoms with van der Waals surface area (Å²) in [6.07, 6.45) is 1.63. The standard InChI is InChI=1S/C26H32N2O5/c1-5-31-25(30)20-14-18(3)23(19(4)15-20)27-24(29)22-16-21(7-6-17(22)2)28-10-8-26(9-11-28)32-12-13-33-26/h6-7,14-16H,5,8-13H2,1-4H3,(H,27,29). The molecule has 0 unspecified atom stereocenters. The van der Waals surface area contributed by atoms with Crippen molar-refractivity contribution in [1.29, 1.82) is 0 Å². The number of piperidine rings is 1. The topological polar surface area (TPSA) is 77.1 Å². The van der Waals surface area contributed by atoms with Gasteiger partial charge in [-0.05, 0) is 68.7 Å². The van der Waals surface area contributed by atoms with Gasteiger partial charge in [-0.3, -0.25) is 4.79 Å². The van der Waals surface area contributed by atoms with Gasteiger partial charge in [0, 0.05) is 42.9 Å². The maximum atomic E-state index is 13.2. The number of anilines is 2. The van der Waals surface area contributed by atoms with E-state index in [2.05, 4.69) is 16.3 Å². The molecule has 0 saturated carbocycles. The summed E-state index contributed by atoms with van der Waals surface area (Å²) >= 11 is 0. The molecule has 0 aliphatic carbocycles. The lowest BCUT2D eigenvalue weighted by Crippen LogP contribution is -2.45. The first-order valence-corrected chi connectivity index (χ1v) is 11.5. The molecule has 2 heterocycles. The van der Waals surface area contributed by atoms with Crippen molar-refractivity contribution in [3.8, 4) is 0 Å². The van der Waals surface area contributed by atoms with Crippen LogP contribution in [0, 0.1) is 20.8 Å². The maximum absolute atomic E-state index is 13.2. The average Bonchev–Trinajstić information content (AvgIpc) is 3.25. The van der Waals surface area contributed by atoms with Gasteiger partial charge in [0.15, 0.2) is 5.79 Å². The molecule has 2 aliphatic heterocycles. The number of carbonyl (C=O) groups excluding carboxylic acids is 2. The van der Waals surface area contributed by atoms with Crippen molar-refractivity contribution in [2.75, 3.05) is 43.1 Å². The Morgan fingerprint density at radius 1 is 1.00 bits per heavy atom. The van der Waals surface area contributed by atoms with E-state index in [4.69, 9.17) is 14.2 Å². The predicted molar refractivity (Wildman–Crippen MR) is 127 cm³/mol. The van der Waals surface area contributed by atoms with E-state index in [-0.39, 0.29) is 11.9 Å². The molecule has 2 saturated heterocycles. The first kappa shape index (κ1) is 23.3. The summed E-state index contributed by atoms with van der Waals surface area (Å²) in [5, 5.41) is 3.05. The number of amides is 1. The molecule has 2 aromatic rings. The van der Waals surface area contributed by atoms with Crippen LogP contribution in [0.1, 0.15) is 57.2 Å². The van der Waals surface area contributed by atoms with E-state index in [1.54, 1.807) is 19.1 Å². The zero-order valence-electron chi connectivity index (χ0n) is 19.8. The molecule has 4 rings (SSSR count). The smallest absolute Gasteiger partial charge is 0.338 e. The molecule has 2 fully saturated rings. The Bertz CT molecular complexity index is 1030. The highest BCUT2D eigenvalue weighted by atomic mass is 16.7. The summed E-state index contributed by atoms with van der Waals surface area (Å²) in [7, 11) is 0. The number of aryl methyl sites for hydroxylation is 3. The number of rotatable bonds is 5. The van der Waals surface area contributed by atoms with Gasteiger partial charge in [0.05, 0.1) is 25.4 Å². The number of nitrogens with one attached hydrogen (secondary N) is 1. The lowest BCUT2D eigenvalue weighted by atomic mass is 10.0. The van der Waals surface area contributed by atoms with Gasteiger partial charge in [-0.1, -0.05) is 6.07 Å². The highest BCUT2D eigenvalue weighted by Gasteiger charge is 2.39. The molecular weight excluding hydrogens is 420 g/mol. The Balaban J connectivity index is 1.50. The largest absolute Gasteiger partial charge is 0.462 e. The second kappa shape index (κ2) is 9.53. The molecule has 0 radical (unpaired) electrons. The molecule has 1 spiro atoms. The molecule has 1 amide bonds. The van der Waals surface area contributed by atoms with Crippen LogP contribution in [0.5, 0.6) is 0 Å². The van der Waals surface area contributed by atoms with Crippen LogP contribution < -0.4 is 10.2 Å². The highest BCUT2D eigenvalue weighted by Crippen LogP contribution is 2.34. The summed E-state index contributed by atoms with van der Waals surface area (Å²) < 4.78 is 16.8. The minimum absolute atomic E-state index is 0.166. The van der Waals surface area contributed by atoms with Gasteiger partial charge in [-0.15, -0.1) is 0 Å². The Morgan fingerprint density at radius 2 is 1.64 bits per heavy atom. The van der Waals surface area contributed by atoms with E-state index in [1.807, 2.05) is 32.9 Å². The number of hydrogen-bond acceptors (Lipinski definition) is 6. The molecule has 7 heteroatoms. The third-order valence-electron chi connectivity index (χ3n) is 6.45. The summed E-state index contributed by atoms with van der Waals surface area (Å²) in [6, 6.07) is 9.50. The summed E-state index contributed by atoms with van der Waals surface area (Å²) in [6.45, 7) is 10.8. The van der Waals surface area contributed by atoms with E-state index in [0.717, 1.165) is 48.3 Å². The first-order chi connectivity index (χ1) is 15.8. The zero-order valence-corrected chi connectivity index (χ0v) is 19.8. The Morgan fingerprint density at radius 3 is 2.24 bits per heavy atom. The van der Waals surface area contributed by atoms with E-state index >= 15 is 0 Å². The SMILES string of the molecule is CCOC(=O)c1cc(C)c(NC(=O)c2cc(N3CCC4(CC3)OCCO4)ccc2C)c(C)c1. The number of benzene rings is 2. The van der Waals surface area contributed by atoms with Crippen LogP contribution in [0.3, 0.4) is 0 Å². The lowest BCUT2D eigenvalue weighted by Gasteiger charge is -2.38. The number of nitrogens with zero attached hydrogens (tertiary/aromatic N) is 1. The quantitative estimate of drug-likeness (QED) is 0.679. The van der Waals surface area contributed by atoms with Crippen LogP contribution in [-0.2, 0) is 14.2 Å². The van der Waals surface area contributed by atoms with Crippen LogP contribution in [0.2, 0.25) is 0 Å². The number of hydrogen-bond donors (Lipinski definition) is 1. The molecule has 33 heavy (non-hydrogen) atoms. The molecule has 2 aliphatic rings. The van der Waals surface area contributed by atoms with Crippen molar-refractivity contribution in [3.05, 3.63) is 58.1 Å². The fourth-order valence-electron chi connectivity index (χ4n) is 4.62. The van der Waals surface area contributed by atoms with Gasteiger partial charge in [-0.2, -0.15) is 0 Å². The van der Waals surface area contributed by atoms with Gasteiger partial charge in [0.1, 0.15) is 0 Å². The average molecular weight is 453 g/mol. The van der Waals surface area contributed by atoms with Crippen molar-refractivity contribution in [2.24, 2.45) is 0 Å². The van der Waals surface area contributed by atoms with Gasteiger partial charge in [0.2, 0.25) is 0 Å². The first-order valence-electron chi connectivity index (χ1n) is 11.5. The number of esters is 1. The molecule has 0 bridgehead atoms. The Hall–Kier alpha value is -2.90. The van der Waals surface area contributed by atoms with Crippen LogP contribution >= 0.6 is 0 Å². The molecule has 1 N–H and O–H groups in total. The fourth-order valence-corrected chi connectivity index (χ4v) is 4.62. The van der Waals surface area contributed by atoms with E-state index in [0.29, 0.717) is 36.6 Å². The molecule has 7 nitrogen and oxygen atoms in total. The third-order valence-corrected chi connectivity index (χ3v) is 6.45. The van der Waals surface area contributed by atoms with Crippen LogP contribution in [0.25, 0.3) is 0 Å². The molecule has 2 aromatic carbocycles. The van der Waals surface area contributed by atoms with Crippen LogP contribution in [0.15, 0.2) is 30.3 Å². The van der Waals surface area contributed by atoms with Gasteiger partial charge in [0.25, 0.3) is 5.91 Å². The van der Waals surface area contributed by atoms with Crippen molar-refractivity contribution >= 4 is 23.3 Å². The summed E-state index contributed by atoms with van der Waals surface area (Å²) in [5.74, 6) is -0.950. The highest BCUT2D eigenvalue weighted by molar-refractivity contribution is 6.07. The van der Waals surface area contributed by atoms with Gasteiger partial charge < -0.3 is 24.4 Å². The maximum Gasteiger partial charge on any atom is 0.338 e. The summed E-state index contributed by atoms with van der Waals surface area (Å²) in [5.41, 5.74) is 5.40. The van der Waals surface area contributed by atoms with Crippen molar-refractivity contribution < 1.29 is 23.8 Å². The zero-order chi connectivity index (χ0) is 23.6. The van der Waals surface area contributed by atoms with Crippen molar-refractivity contribution in [1.82, 2.24) is 0 Å². The number of ether oxygens (including phenoxy) is 3. The van der Waals surface area contributed by atoms with Crippen molar-refractivity contribution in [2.45, 2.75) is 46.3 Å². The monoisotopic (exact) mass is 452 g/mol. The van der Waals surface area contributed by atoms with Crippen LogP contribution in [0.4, 0.5) is 11.4 Å². The number of carbonyl (C=O) groups is 2. The van der Waals surface area contributed by atoms with E-state index < -0.39 is 5.79 Å². The molecule has 0 atom stereocenters. The molecule has 0 aromatic heterocycles. The van der Waals surface area contributed by atoms with Gasteiger partial charge in [-0.25, -0.2) is 4.79 Å². The third kappa shape index (κ3) is 4.89. The minimum atomic E-state index is -0.424. The van der Waals surface area contributed by atoms with Gasteiger partial charge >= 0.3 is 5.97 Å². The Labute approximate surface area is 195 Å². The summed E-state index contributed by atoms with van der Waals surface area (Å²) in [4.78, 5) is 27.6. The Kier molecular flexibility index (Phi) is 6.72.